The molecule has 0 radical (unpaired) electrons. The van der Waals surface area contributed by atoms with Crippen LogP contribution in [0.4, 0.5) is 0 Å². The molecule has 2 rings (SSSR count). The Hall–Kier alpha value is -1.00. The zero-order valence-corrected chi connectivity index (χ0v) is 12.5. The second kappa shape index (κ2) is 6.44. The molecular formula is C15H26N4. The van der Waals surface area contributed by atoms with E-state index in [4.69, 9.17) is 0 Å². The van der Waals surface area contributed by atoms with Gasteiger partial charge in [-0.2, -0.15) is 0 Å². The fourth-order valence-electron chi connectivity index (χ4n) is 2.73. The van der Waals surface area contributed by atoms with E-state index in [0.717, 1.165) is 25.5 Å². The molecule has 0 saturated carbocycles. The molecule has 1 N–H and O–H groups in total. The molecule has 2 unspecified atom stereocenters. The van der Waals surface area contributed by atoms with Gasteiger partial charge >= 0.3 is 0 Å². The molecule has 4 heteroatoms. The third kappa shape index (κ3) is 3.74. The minimum absolute atomic E-state index is 0.568. The molecule has 1 aromatic heterocycles. The first-order chi connectivity index (χ1) is 9.08. The van der Waals surface area contributed by atoms with Gasteiger partial charge in [-0.05, 0) is 17.9 Å². The van der Waals surface area contributed by atoms with Crippen molar-refractivity contribution < 1.29 is 0 Å². The summed E-state index contributed by atoms with van der Waals surface area (Å²) in [6, 6.07) is 3.01. The third-order valence-corrected chi connectivity index (χ3v) is 4.03. The smallest absolute Gasteiger partial charge is 0.142 e. The zero-order chi connectivity index (χ0) is 13.8. The normalized spacial score (nSPS) is 25.2. The Morgan fingerprint density at radius 2 is 1.89 bits per heavy atom. The summed E-state index contributed by atoms with van der Waals surface area (Å²) in [7, 11) is 0. The van der Waals surface area contributed by atoms with Gasteiger partial charge in [0.05, 0.1) is 6.54 Å². The highest BCUT2D eigenvalue weighted by Gasteiger charge is 2.31. The van der Waals surface area contributed by atoms with Crippen molar-refractivity contribution in [3.05, 3.63) is 24.3 Å². The van der Waals surface area contributed by atoms with Crippen LogP contribution in [0, 0.1) is 11.8 Å². The van der Waals surface area contributed by atoms with E-state index in [1.807, 2.05) is 18.5 Å². The number of hydrogen-bond acceptors (Lipinski definition) is 4. The second-order valence-electron chi connectivity index (χ2n) is 6.16. The first kappa shape index (κ1) is 14.4. The molecule has 19 heavy (non-hydrogen) atoms. The standard InChI is InChI=1S/C15H26N4/c1-11(2)13-9-19(14(8-18-13)12(3)4)10-15-16-6-5-7-17-15/h5-7,11-14,18H,8-10H2,1-4H3. The second-order valence-corrected chi connectivity index (χ2v) is 6.16. The maximum Gasteiger partial charge on any atom is 0.142 e. The minimum Gasteiger partial charge on any atom is -0.311 e. The van der Waals surface area contributed by atoms with Crippen molar-refractivity contribution in [3.63, 3.8) is 0 Å². The molecule has 4 nitrogen and oxygen atoms in total. The van der Waals surface area contributed by atoms with Gasteiger partial charge in [0.1, 0.15) is 5.82 Å². The largest absolute Gasteiger partial charge is 0.311 e. The van der Waals surface area contributed by atoms with Crippen molar-refractivity contribution in [1.29, 1.82) is 0 Å². The third-order valence-electron chi connectivity index (χ3n) is 4.03. The summed E-state index contributed by atoms with van der Waals surface area (Å²) in [5, 5.41) is 3.68. The van der Waals surface area contributed by atoms with Crippen LogP contribution >= 0.6 is 0 Å². The zero-order valence-electron chi connectivity index (χ0n) is 12.5. The van der Waals surface area contributed by atoms with Crippen LogP contribution in [0.5, 0.6) is 0 Å². The highest BCUT2D eigenvalue weighted by molar-refractivity contribution is 4.94. The van der Waals surface area contributed by atoms with Crippen LogP contribution in [0.2, 0.25) is 0 Å². The van der Waals surface area contributed by atoms with Gasteiger partial charge in [-0.15, -0.1) is 0 Å². The molecule has 1 saturated heterocycles. The summed E-state index contributed by atoms with van der Waals surface area (Å²) in [6.07, 6.45) is 3.66. The maximum absolute atomic E-state index is 4.36. The Morgan fingerprint density at radius 1 is 1.21 bits per heavy atom. The summed E-state index contributed by atoms with van der Waals surface area (Å²) < 4.78 is 0. The van der Waals surface area contributed by atoms with E-state index in [-0.39, 0.29) is 0 Å². The summed E-state index contributed by atoms with van der Waals surface area (Å²) in [6.45, 7) is 12.2. The molecule has 0 aliphatic carbocycles. The van der Waals surface area contributed by atoms with Crippen molar-refractivity contribution in [2.24, 2.45) is 11.8 Å². The monoisotopic (exact) mass is 262 g/mol. The number of aromatic nitrogens is 2. The predicted molar refractivity (Wildman–Crippen MR) is 77.7 cm³/mol. The van der Waals surface area contributed by atoms with Crippen LogP contribution in [-0.4, -0.2) is 40.0 Å². The van der Waals surface area contributed by atoms with Crippen LogP contribution in [0.25, 0.3) is 0 Å². The number of nitrogens with zero attached hydrogens (tertiary/aromatic N) is 3. The fraction of sp³-hybridized carbons (Fsp3) is 0.733. The Bertz CT molecular complexity index is 377. The number of hydrogen-bond donors (Lipinski definition) is 1. The van der Waals surface area contributed by atoms with Crippen LogP contribution in [0.1, 0.15) is 33.5 Å². The van der Waals surface area contributed by atoms with Crippen molar-refractivity contribution in [2.45, 2.75) is 46.3 Å². The Morgan fingerprint density at radius 3 is 2.47 bits per heavy atom. The maximum atomic E-state index is 4.36. The molecule has 0 bridgehead atoms. The summed E-state index contributed by atoms with van der Waals surface area (Å²) >= 11 is 0. The lowest BCUT2D eigenvalue weighted by atomic mass is 9.94. The molecule has 0 spiro atoms. The lowest BCUT2D eigenvalue weighted by Crippen LogP contribution is -2.59. The van der Waals surface area contributed by atoms with Crippen LogP contribution in [0.3, 0.4) is 0 Å². The van der Waals surface area contributed by atoms with Crippen molar-refractivity contribution in [3.8, 4) is 0 Å². The Labute approximate surface area is 116 Å². The van der Waals surface area contributed by atoms with E-state index in [1.54, 1.807) is 0 Å². The molecule has 1 aliphatic heterocycles. The van der Waals surface area contributed by atoms with Gasteiger partial charge in [-0.1, -0.05) is 27.7 Å². The summed E-state index contributed by atoms with van der Waals surface area (Å²) in [5.74, 6) is 2.23. The van der Waals surface area contributed by atoms with Gasteiger partial charge in [0.15, 0.2) is 0 Å². The van der Waals surface area contributed by atoms with Gasteiger partial charge < -0.3 is 5.32 Å². The van der Waals surface area contributed by atoms with Crippen molar-refractivity contribution >= 4 is 0 Å². The fourth-order valence-corrected chi connectivity index (χ4v) is 2.73. The highest BCUT2D eigenvalue weighted by atomic mass is 15.2. The molecule has 1 fully saturated rings. The average Bonchev–Trinajstić information content (AvgIpc) is 2.39. The van der Waals surface area contributed by atoms with Gasteiger partial charge in [-0.25, -0.2) is 9.97 Å². The van der Waals surface area contributed by atoms with E-state index >= 15 is 0 Å². The molecule has 0 aromatic carbocycles. The predicted octanol–water partition coefficient (Wildman–Crippen LogP) is 1.93. The number of piperazine rings is 1. The minimum atomic E-state index is 0.568. The highest BCUT2D eigenvalue weighted by Crippen LogP contribution is 2.19. The molecule has 106 valence electrons. The van der Waals surface area contributed by atoms with Gasteiger partial charge in [0, 0.05) is 37.6 Å². The van der Waals surface area contributed by atoms with E-state index in [1.165, 1.54) is 0 Å². The molecule has 2 atom stereocenters. The van der Waals surface area contributed by atoms with E-state index in [9.17, 15) is 0 Å². The topological polar surface area (TPSA) is 41.1 Å². The summed E-state index contributed by atoms with van der Waals surface area (Å²) in [4.78, 5) is 11.3. The van der Waals surface area contributed by atoms with E-state index < -0.39 is 0 Å². The average molecular weight is 262 g/mol. The van der Waals surface area contributed by atoms with E-state index in [2.05, 4.69) is 47.9 Å². The van der Waals surface area contributed by atoms with Gasteiger partial charge in [0.2, 0.25) is 0 Å². The number of nitrogens with one attached hydrogen (secondary N) is 1. The first-order valence-corrected chi connectivity index (χ1v) is 7.31. The number of rotatable bonds is 4. The SMILES string of the molecule is CC(C)C1CN(Cc2ncccn2)C(C(C)C)CN1. The lowest BCUT2D eigenvalue weighted by molar-refractivity contribution is 0.0760. The Balaban J connectivity index is 2.07. The van der Waals surface area contributed by atoms with Gasteiger partial charge in [0.25, 0.3) is 0 Å². The van der Waals surface area contributed by atoms with Crippen molar-refractivity contribution in [1.82, 2.24) is 20.2 Å². The summed E-state index contributed by atoms with van der Waals surface area (Å²) in [5.41, 5.74) is 0. The van der Waals surface area contributed by atoms with Gasteiger partial charge in [-0.3, -0.25) is 4.90 Å². The molecular weight excluding hydrogens is 236 g/mol. The quantitative estimate of drug-likeness (QED) is 0.900. The van der Waals surface area contributed by atoms with Crippen LogP contribution in [-0.2, 0) is 6.54 Å². The molecule has 1 aliphatic rings. The van der Waals surface area contributed by atoms with Crippen LogP contribution in [0.15, 0.2) is 18.5 Å². The first-order valence-electron chi connectivity index (χ1n) is 7.31. The molecule has 1 aromatic rings. The van der Waals surface area contributed by atoms with E-state index in [0.29, 0.717) is 23.9 Å². The lowest BCUT2D eigenvalue weighted by Gasteiger charge is -2.43. The van der Waals surface area contributed by atoms with Crippen LogP contribution < -0.4 is 5.32 Å². The Kier molecular flexibility index (Phi) is 4.88. The van der Waals surface area contributed by atoms with Crippen molar-refractivity contribution in [2.75, 3.05) is 13.1 Å². The molecule has 2 heterocycles. The molecule has 0 amide bonds.